The van der Waals surface area contributed by atoms with Crippen LogP contribution in [0.25, 0.3) is 11.0 Å². The molecule has 4 rings (SSSR count). The van der Waals surface area contributed by atoms with E-state index in [1.54, 1.807) is 25.3 Å². The Morgan fingerprint density at radius 3 is 2.88 bits per heavy atom. The van der Waals surface area contributed by atoms with Gasteiger partial charge < -0.3 is 23.9 Å². The van der Waals surface area contributed by atoms with Crippen molar-refractivity contribution in [1.29, 1.82) is 0 Å². The molecular formula is C18H15NO5. The molecule has 6 heteroatoms. The highest BCUT2D eigenvalue weighted by molar-refractivity contribution is 6.06. The fraction of sp³-hybridized carbons (Fsp3) is 0.167. The largest absolute Gasteiger partial charge is 0.454 e. The van der Waals surface area contributed by atoms with Gasteiger partial charge in [0.05, 0.1) is 6.61 Å². The Hall–Kier alpha value is -2.99. The van der Waals surface area contributed by atoms with Gasteiger partial charge in [0.2, 0.25) is 6.79 Å². The van der Waals surface area contributed by atoms with E-state index in [1.807, 2.05) is 24.3 Å². The Balaban J connectivity index is 1.66. The Morgan fingerprint density at radius 1 is 1.17 bits per heavy atom. The van der Waals surface area contributed by atoms with Crippen LogP contribution in [-0.4, -0.2) is 19.8 Å². The van der Waals surface area contributed by atoms with Crippen molar-refractivity contribution < 1.29 is 23.4 Å². The summed E-state index contributed by atoms with van der Waals surface area (Å²) in [6.07, 6.45) is 0. The van der Waals surface area contributed by atoms with Gasteiger partial charge in [-0.2, -0.15) is 0 Å². The lowest BCUT2D eigenvalue weighted by Crippen LogP contribution is -2.13. The number of carbonyl (C=O) groups is 1. The smallest absolute Gasteiger partial charge is 0.291 e. The Labute approximate surface area is 137 Å². The number of rotatable bonds is 4. The lowest BCUT2D eigenvalue weighted by molar-refractivity contribution is 0.0992. The van der Waals surface area contributed by atoms with E-state index in [-0.39, 0.29) is 18.5 Å². The highest BCUT2D eigenvalue weighted by atomic mass is 16.7. The molecule has 1 aliphatic rings. The quantitative estimate of drug-likeness (QED) is 0.794. The SMILES string of the molecule is COCc1c(C(=O)Nc2ccc3c(c2)OCO3)oc2ccccc12. The molecule has 0 radical (unpaired) electrons. The van der Waals surface area contributed by atoms with Crippen molar-refractivity contribution in [3.05, 3.63) is 53.8 Å². The first kappa shape index (κ1) is 14.6. The van der Waals surface area contributed by atoms with Gasteiger partial charge >= 0.3 is 0 Å². The molecule has 2 heterocycles. The molecule has 0 saturated heterocycles. The topological polar surface area (TPSA) is 69.9 Å². The molecule has 1 aromatic heterocycles. The molecule has 0 saturated carbocycles. The van der Waals surface area contributed by atoms with Gasteiger partial charge in [-0.25, -0.2) is 0 Å². The molecule has 122 valence electrons. The molecule has 0 atom stereocenters. The summed E-state index contributed by atoms with van der Waals surface area (Å²) in [4.78, 5) is 12.6. The standard InChI is InChI=1S/C18H15NO5/c1-21-9-13-12-4-2-3-5-14(12)24-17(13)18(20)19-11-6-7-15-16(8-11)23-10-22-15/h2-8H,9-10H2,1H3,(H,19,20). The maximum Gasteiger partial charge on any atom is 0.291 e. The normalized spacial score (nSPS) is 12.5. The number of amides is 1. The van der Waals surface area contributed by atoms with Gasteiger partial charge in [-0.1, -0.05) is 18.2 Å². The average molecular weight is 325 g/mol. The number of furan rings is 1. The minimum absolute atomic E-state index is 0.189. The second-order valence-corrected chi connectivity index (χ2v) is 5.36. The summed E-state index contributed by atoms with van der Waals surface area (Å²) >= 11 is 0. The highest BCUT2D eigenvalue weighted by Gasteiger charge is 2.21. The number of hydrogen-bond donors (Lipinski definition) is 1. The highest BCUT2D eigenvalue weighted by Crippen LogP contribution is 2.34. The molecule has 1 N–H and O–H groups in total. The van der Waals surface area contributed by atoms with Gasteiger partial charge in [0, 0.05) is 29.8 Å². The Morgan fingerprint density at radius 2 is 2.00 bits per heavy atom. The predicted octanol–water partition coefficient (Wildman–Crippen LogP) is 3.56. The molecule has 0 bridgehead atoms. The average Bonchev–Trinajstić information content (AvgIpc) is 3.20. The van der Waals surface area contributed by atoms with Crippen molar-refractivity contribution in [2.75, 3.05) is 19.2 Å². The lowest BCUT2D eigenvalue weighted by Gasteiger charge is -2.06. The van der Waals surface area contributed by atoms with Crippen molar-refractivity contribution in [1.82, 2.24) is 0 Å². The first-order valence-electron chi connectivity index (χ1n) is 7.46. The molecule has 1 aliphatic heterocycles. The van der Waals surface area contributed by atoms with Crippen LogP contribution in [0.4, 0.5) is 5.69 Å². The maximum absolute atomic E-state index is 12.6. The van der Waals surface area contributed by atoms with Crippen molar-refractivity contribution in [2.45, 2.75) is 6.61 Å². The summed E-state index contributed by atoms with van der Waals surface area (Å²) in [6, 6.07) is 12.7. The van der Waals surface area contributed by atoms with Crippen molar-refractivity contribution >= 4 is 22.6 Å². The van der Waals surface area contributed by atoms with Crippen LogP contribution in [0.3, 0.4) is 0 Å². The molecule has 3 aromatic rings. The van der Waals surface area contributed by atoms with Gasteiger partial charge in [-0.05, 0) is 18.2 Å². The summed E-state index contributed by atoms with van der Waals surface area (Å²) in [5.74, 6) is 1.18. The number of ether oxygens (including phenoxy) is 3. The lowest BCUT2D eigenvalue weighted by atomic mass is 10.1. The van der Waals surface area contributed by atoms with Crippen LogP contribution in [0.5, 0.6) is 11.5 Å². The second kappa shape index (κ2) is 5.90. The summed E-state index contributed by atoms with van der Waals surface area (Å²) in [5.41, 5.74) is 1.99. The zero-order valence-corrected chi connectivity index (χ0v) is 13.0. The molecule has 6 nitrogen and oxygen atoms in total. The third-order valence-corrected chi connectivity index (χ3v) is 3.82. The van der Waals surface area contributed by atoms with E-state index in [0.717, 1.165) is 10.9 Å². The van der Waals surface area contributed by atoms with Crippen LogP contribution in [0.2, 0.25) is 0 Å². The van der Waals surface area contributed by atoms with Crippen molar-refractivity contribution in [3.8, 4) is 11.5 Å². The summed E-state index contributed by atoms with van der Waals surface area (Å²) < 4.78 is 21.5. The molecular weight excluding hydrogens is 310 g/mol. The van der Waals surface area contributed by atoms with Crippen LogP contribution >= 0.6 is 0 Å². The number of fused-ring (bicyclic) bond motifs is 2. The summed E-state index contributed by atoms with van der Waals surface area (Å²) in [7, 11) is 1.58. The van der Waals surface area contributed by atoms with E-state index in [4.69, 9.17) is 18.6 Å². The van der Waals surface area contributed by atoms with Crippen molar-refractivity contribution in [2.24, 2.45) is 0 Å². The molecule has 1 amide bonds. The summed E-state index contributed by atoms with van der Waals surface area (Å²) in [6.45, 7) is 0.481. The van der Waals surface area contributed by atoms with Crippen LogP contribution in [0.15, 0.2) is 46.9 Å². The van der Waals surface area contributed by atoms with Crippen LogP contribution in [-0.2, 0) is 11.3 Å². The van der Waals surface area contributed by atoms with Crippen LogP contribution in [0.1, 0.15) is 16.1 Å². The first-order chi connectivity index (χ1) is 11.8. The molecule has 0 unspecified atom stereocenters. The zero-order valence-electron chi connectivity index (χ0n) is 13.0. The van der Waals surface area contributed by atoms with Gasteiger partial charge in [0.25, 0.3) is 5.91 Å². The van der Waals surface area contributed by atoms with E-state index in [2.05, 4.69) is 5.32 Å². The van der Waals surface area contributed by atoms with E-state index in [1.165, 1.54) is 0 Å². The molecule has 0 spiro atoms. The zero-order chi connectivity index (χ0) is 16.5. The number of benzene rings is 2. The fourth-order valence-electron chi connectivity index (χ4n) is 2.73. The van der Waals surface area contributed by atoms with E-state index in [0.29, 0.717) is 29.4 Å². The van der Waals surface area contributed by atoms with Crippen LogP contribution in [0, 0.1) is 0 Å². The van der Waals surface area contributed by atoms with E-state index >= 15 is 0 Å². The minimum atomic E-state index is -0.336. The summed E-state index contributed by atoms with van der Waals surface area (Å²) in [5, 5.41) is 3.69. The molecule has 0 fully saturated rings. The third-order valence-electron chi connectivity index (χ3n) is 3.82. The van der Waals surface area contributed by atoms with Gasteiger partial charge in [0.1, 0.15) is 5.58 Å². The molecule has 2 aromatic carbocycles. The minimum Gasteiger partial charge on any atom is -0.454 e. The second-order valence-electron chi connectivity index (χ2n) is 5.36. The fourth-order valence-corrected chi connectivity index (χ4v) is 2.73. The third kappa shape index (κ3) is 2.47. The number of anilines is 1. The monoisotopic (exact) mass is 325 g/mol. The number of carbonyl (C=O) groups excluding carboxylic acids is 1. The molecule has 24 heavy (non-hydrogen) atoms. The number of hydrogen-bond acceptors (Lipinski definition) is 5. The maximum atomic E-state index is 12.6. The Kier molecular flexibility index (Phi) is 3.59. The van der Waals surface area contributed by atoms with Crippen LogP contribution < -0.4 is 14.8 Å². The molecule has 0 aliphatic carbocycles. The predicted molar refractivity (Wildman–Crippen MR) is 87.4 cm³/mol. The van der Waals surface area contributed by atoms with Gasteiger partial charge in [-0.3, -0.25) is 4.79 Å². The number of methoxy groups -OCH3 is 1. The van der Waals surface area contributed by atoms with Gasteiger partial charge in [-0.15, -0.1) is 0 Å². The van der Waals surface area contributed by atoms with Gasteiger partial charge in [0.15, 0.2) is 17.3 Å². The number of para-hydroxylation sites is 1. The number of nitrogens with one attached hydrogen (secondary N) is 1. The van der Waals surface area contributed by atoms with E-state index in [9.17, 15) is 4.79 Å². The van der Waals surface area contributed by atoms with Crippen molar-refractivity contribution in [3.63, 3.8) is 0 Å². The van der Waals surface area contributed by atoms with E-state index < -0.39 is 0 Å². The Bertz CT molecular complexity index is 915. The first-order valence-corrected chi connectivity index (χ1v) is 7.46.